The fourth-order valence-electron chi connectivity index (χ4n) is 3.36. The van der Waals surface area contributed by atoms with Crippen LogP contribution >= 0.6 is 11.6 Å². The molecule has 1 saturated heterocycles. The second kappa shape index (κ2) is 8.06. The number of likely N-dealkylation sites (tertiary alicyclic amines) is 1. The van der Waals surface area contributed by atoms with Crippen LogP contribution in [0.5, 0.6) is 5.75 Å². The lowest BCUT2D eigenvalue weighted by molar-refractivity contribution is -0.134. The maximum Gasteiger partial charge on any atom is 0.227 e. The molecule has 3 rings (SSSR count). The Morgan fingerprint density at radius 3 is 2.65 bits per heavy atom. The van der Waals surface area contributed by atoms with Crippen molar-refractivity contribution < 1.29 is 19.0 Å². The van der Waals surface area contributed by atoms with Crippen LogP contribution in [-0.4, -0.2) is 42.2 Å². The largest absolute Gasteiger partial charge is 0.497 e. The van der Waals surface area contributed by atoms with E-state index in [0.717, 1.165) is 11.3 Å². The van der Waals surface area contributed by atoms with E-state index in [-0.39, 0.29) is 35.4 Å². The van der Waals surface area contributed by atoms with Gasteiger partial charge in [0.05, 0.1) is 19.6 Å². The highest BCUT2D eigenvalue weighted by atomic mass is 35.5. The third-order valence-electron chi connectivity index (χ3n) is 4.87. The Balaban J connectivity index is 1.65. The normalized spacial score (nSPS) is 20.1. The van der Waals surface area contributed by atoms with Gasteiger partial charge in [0.1, 0.15) is 11.6 Å². The molecule has 6 heteroatoms. The van der Waals surface area contributed by atoms with Gasteiger partial charge >= 0.3 is 0 Å². The van der Waals surface area contributed by atoms with Crippen molar-refractivity contribution >= 4 is 17.5 Å². The number of carbonyl (C=O) groups is 1. The third kappa shape index (κ3) is 4.00. The number of amides is 1. The van der Waals surface area contributed by atoms with Crippen molar-refractivity contribution in [1.29, 1.82) is 0 Å². The predicted molar refractivity (Wildman–Crippen MR) is 98.1 cm³/mol. The van der Waals surface area contributed by atoms with Gasteiger partial charge in [-0.25, -0.2) is 4.39 Å². The molecular formula is C20H21ClFNO3. The lowest BCUT2D eigenvalue weighted by Gasteiger charge is -2.36. The van der Waals surface area contributed by atoms with E-state index in [4.69, 9.17) is 16.3 Å². The molecule has 4 nitrogen and oxygen atoms in total. The van der Waals surface area contributed by atoms with Gasteiger partial charge in [-0.3, -0.25) is 4.79 Å². The minimum Gasteiger partial charge on any atom is -0.497 e. The molecule has 1 heterocycles. The molecule has 1 aliphatic rings. The Kier molecular flexibility index (Phi) is 5.79. The van der Waals surface area contributed by atoms with E-state index in [2.05, 4.69) is 0 Å². The first-order valence-electron chi connectivity index (χ1n) is 8.52. The quantitative estimate of drug-likeness (QED) is 0.888. The Morgan fingerprint density at radius 1 is 1.31 bits per heavy atom. The number of hydrogen-bond acceptors (Lipinski definition) is 3. The molecule has 1 aliphatic heterocycles. The molecule has 0 spiro atoms. The van der Waals surface area contributed by atoms with E-state index in [1.54, 1.807) is 18.1 Å². The summed E-state index contributed by atoms with van der Waals surface area (Å²) in [5.41, 5.74) is 1.22. The van der Waals surface area contributed by atoms with Crippen molar-refractivity contribution in [3.63, 3.8) is 0 Å². The van der Waals surface area contributed by atoms with E-state index in [9.17, 15) is 14.3 Å². The maximum atomic E-state index is 13.9. The Labute approximate surface area is 157 Å². The van der Waals surface area contributed by atoms with Crippen molar-refractivity contribution in [3.8, 4) is 5.75 Å². The molecule has 2 aromatic rings. The monoisotopic (exact) mass is 377 g/mol. The van der Waals surface area contributed by atoms with Crippen LogP contribution in [0.1, 0.15) is 23.5 Å². The van der Waals surface area contributed by atoms with Crippen LogP contribution < -0.4 is 4.74 Å². The number of benzene rings is 2. The number of ether oxygens (including phenoxy) is 1. The molecule has 2 atom stereocenters. The number of nitrogens with zero attached hydrogens (tertiary/aromatic N) is 1. The van der Waals surface area contributed by atoms with Crippen molar-refractivity contribution in [2.24, 2.45) is 0 Å². The van der Waals surface area contributed by atoms with Gasteiger partial charge in [-0.05, 0) is 36.2 Å². The number of rotatable bonds is 4. The molecular weight excluding hydrogens is 357 g/mol. The molecule has 1 amide bonds. The molecule has 0 radical (unpaired) electrons. The van der Waals surface area contributed by atoms with Gasteiger partial charge in [0.25, 0.3) is 0 Å². The van der Waals surface area contributed by atoms with Crippen molar-refractivity contribution in [3.05, 3.63) is 64.4 Å². The van der Waals surface area contributed by atoms with Crippen molar-refractivity contribution in [1.82, 2.24) is 4.90 Å². The summed E-state index contributed by atoms with van der Waals surface area (Å²) in [6, 6.07) is 12.0. The molecule has 138 valence electrons. The average Bonchev–Trinajstić information content (AvgIpc) is 2.65. The van der Waals surface area contributed by atoms with E-state index < -0.39 is 11.9 Å². The van der Waals surface area contributed by atoms with Gasteiger partial charge in [0.2, 0.25) is 5.91 Å². The first-order chi connectivity index (χ1) is 12.5. The fraction of sp³-hybridized carbons (Fsp3) is 0.350. The van der Waals surface area contributed by atoms with Crippen LogP contribution in [0, 0.1) is 5.82 Å². The molecule has 1 fully saturated rings. The molecule has 1 N–H and O–H groups in total. The molecule has 0 saturated carbocycles. The standard InChI is InChI=1S/C20H21ClFNO3/c1-26-14-7-5-13(6-8-14)15-9-10-23(12-19(15)24)20(25)11-16-17(21)3-2-4-18(16)22/h2-8,15,19,24H,9-12H2,1H3/t15-,19+/m0/s1. The Hall–Kier alpha value is -2.11. The highest BCUT2D eigenvalue weighted by Crippen LogP contribution is 2.30. The van der Waals surface area contributed by atoms with Crippen LogP contribution in [-0.2, 0) is 11.2 Å². The molecule has 0 aliphatic carbocycles. The molecule has 26 heavy (non-hydrogen) atoms. The highest BCUT2D eigenvalue weighted by Gasteiger charge is 2.31. The summed E-state index contributed by atoms with van der Waals surface area (Å²) in [5.74, 6) is 0.00312. The Bertz CT molecular complexity index is 761. The number of β-amino-alcohol motifs (C(OH)–C–C–N with tert-alkyl or cyclic N) is 1. The molecule has 0 aromatic heterocycles. The van der Waals surface area contributed by atoms with Crippen LogP contribution in [0.2, 0.25) is 5.02 Å². The lowest BCUT2D eigenvalue weighted by atomic mass is 9.87. The van der Waals surface area contributed by atoms with Gasteiger partial charge in [0, 0.05) is 29.6 Å². The zero-order valence-electron chi connectivity index (χ0n) is 14.5. The number of methoxy groups -OCH3 is 1. The van der Waals surface area contributed by atoms with Gasteiger partial charge in [-0.1, -0.05) is 29.8 Å². The summed E-state index contributed by atoms with van der Waals surface area (Å²) in [4.78, 5) is 14.1. The molecule has 0 bridgehead atoms. The summed E-state index contributed by atoms with van der Waals surface area (Å²) < 4.78 is 19.0. The summed E-state index contributed by atoms with van der Waals surface area (Å²) in [6.45, 7) is 0.736. The van der Waals surface area contributed by atoms with Gasteiger partial charge < -0.3 is 14.7 Å². The van der Waals surface area contributed by atoms with Crippen LogP contribution in [0.25, 0.3) is 0 Å². The van der Waals surface area contributed by atoms with E-state index >= 15 is 0 Å². The summed E-state index contributed by atoms with van der Waals surface area (Å²) in [7, 11) is 1.61. The number of carbonyl (C=O) groups excluding carboxylic acids is 1. The van der Waals surface area contributed by atoms with Gasteiger partial charge in [-0.15, -0.1) is 0 Å². The van der Waals surface area contributed by atoms with Gasteiger partial charge in [0.15, 0.2) is 0 Å². The number of halogens is 2. The molecule has 0 unspecified atom stereocenters. The average molecular weight is 378 g/mol. The molecule has 2 aromatic carbocycles. The predicted octanol–water partition coefficient (Wildman–Crippen LogP) is 3.41. The summed E-state index contributed by atoms with van der Waals surface area (Å²) >= 11 is 6.00. The van der Waals surface area contributed by atoms with Crippen LogP contribution in [0.15, 0.2) is 42.5 Å². The van der Waals surface area contributed by atoms with Crippen LogP contribution in [0.4, 0.5) is 4.39 Å². The van der Waals surface area contributed by atoms with E-state index in [1.165, 1.54) is 12.1 Å². The zero-order chi connectivity index (χ0) is 18.7. The lowest BCUT2D eigenvalue weighted by Crippen LogP contribution is -2.46. The number of aliphatic hydroxyl groups excluding tert-OH is 1. The first kappa shape index (κ1) is 18.7. The third-order valence-corrected chi connectivity index (χ3v) is 5.22. The van der Waals surface area contributed by atoms with Gasteiger partial charge in [-0.2, -0.15) is 0 Å². The van der Waals surface area contributed by atoms with Crippen LogP contribution in [0.3, 0.4) is 0 Å². The SMILES string of the molecule is COc1ccc([C@@H]2CCN(C(=O)Cc3c(F)cccc3Cl)C[C@H]2O)cc1. The number of hydrogen-bond donors (Lipinski definition) is 1. The van der Waals surface area contributed by atoms with E-state index in [0.29, 0.717) is 13.0 Å². The fourth-order valence-corrected chi connectivity index (χ4v) is 3.59. The maximum absolute atomic E-state index is 13.9. The second-order valence-corrected chi connectivity index (χ2v) is 6.86. The smallest absolute Gasteiger partial charge is 0.227 e. The zero-order valence-corrected chi connectivity index (χ0v) is 15.2. The second-order valence-electron chi connectivity index (χ2n) is 6.45. The minimum atomic E-state index is -0.669. The van der Waals surface area contributed by atoms with E-state index in [1.807, 2.05) is 24.3 Å². The first-order valence-corrected chi connectivity index (χ1v) is 8.90. The number of aliphatic hydroxyl groups is 1. The Morgan fingerprint density at radius 2 is 2.04 bits per heavy atom. The topological polar surface area (TPSA) is 49.8 Å². The summed E-state index contributed by atoms with van der Waals surface area (Å²) in [6.07, 6.45) is -0.132. The number of piperidine rings is 1. The van der Waals surface area contributed by atoms with Crippen molar-refractivity contribution in [2.75, 3.05) is 20.2 Å². The minimum absolute atomic E-state index is 0.0398. The highest BCUT2D eigenvalue weighted by molar-refractivity contribution is 6.31. The van der Waals surface area contributed by atoms with Crippen molar-refractivity contribution in [2.45, 2.75) is 24.9 Å². The summed E-state index contributed by atoms with van der Waals surface area (Å²) in [5, 5.41) is 10.8.